The fourth-order valence-corrected chi connectivity index (χ4v) is 2.74. The summed E-state index contributed by atoms with van der Waals surface area (Å²) in [4.78, 5) is 13.5. The lowest BCUT2D eigenvalue weighted by Crippen LogP contribution is -2.50. The Labute approximate surface area is 147 Å². The first-order valence-electron chi connectivity index (χ1n) is 7.74. The topological polar surface area (TPSA) is 68.2 Å². The summed E-state index contributed by atoms with van der Waals surface area (Å²) < 4.78 is 0. The van der Waals surface area contributed by atoms with Gasteiger partial charge in [0.15, 0.2) is 11.3 Å². The van der Waals surface area contributed by atoms with Crippen molar-refractivity contribution in [3.63, 3.8) is 0 Å². The number of nitriles is 1. The molecule has 124 valence electrons. The minimum absolute atomic E-state index is 0.314. The van der Waals surface area contributed by atoms with E-state index in [0.29, 0.717) is 18.1 Å². The lowest BCUT2D eigenvalue weighted by Gasteiger charge is -2.22. The molecule has 5 nitrogen and oxygen atoms in total. The third-order valence-corrected chi connectivity index (χ3v) is 3.94. The van der Waals surface area contributed by atoms with Gasteiger partial charge in [-0.2, -0.15) is 5.26 Å². The number of carbonyl (C=O) groups excluding carboxylic acids is 1. The van der Waals surface area contributed by atoms with Crippen molar-refractivity contribution in [3.8, 4) is 6.19 Å². The van der Waals surface area contributed by atoms with Gasteiger partial charge in [-0.3, -0.25) is 9.69 Å². The third kappa shape index (κ3) is 4.43. The second kappa shape index (κ2) is 8.27. The quantitative estimate of drug-likeness (QED) is 0.496. The van der Waals surface area contributed by atoms with Gasteiger partial charge in [0.2, 0.25) is 0 Å². The molecular weight excluding hydrogens is 320 g/mol. The smallest absolute Gasteiger partial charge is 0.258 e. The Bertz CT molecular complexity index is 784. The predicted molar refractivity (Wildman–Crippen MR) is 99.2 cm³/mol. The lowest BCUT2D eigenvalue weighted by molar-refractivity contribution is -0.128. The lowest BCUT2D eigenvalue weighted by atomic mass is 10.0. The molecule has 2 N–H and O–H groups in total. The summed E-state index contributed by atoms with van der Waals surface area (Å²) in [5.74, 6) is -0.314. The van der Waals surface area contributed by atoms with Crippen LogP contribution in [0.5, 0.6) is 0 Å². The highest BCUT2D eigenvalue weighted by molar-refractivity contribution is 7.80. The number of rotatable bonds is 5. The van der Waals surface area contributed by atoms with Gasteiger partial charge in [-0.15, -0.1) is 0 Å². The van der Waals surface area contributed by atoms with Crippen LogP contribution in [0.2, 0.25) is 0 Å². The van der Waals surface area contributed by atoms with Crippen LogP contribution in [0.3, 0.4) is 0 Å². The van der Waals surface area contributed by atoms with Crippen molar-refractivity contribution in [2.45, 2.75) is 19.4 Å². The second-order valence-corrected chi connectivity index (χ2v) is 5.85. The monoisotopic (exact) mass is 340 g/mol. The Morgan fingerprint density at radius 2 is 2.00 bits per heavy atom. The van der Waals surface area contributed by atoms with Crippen molar-refractivity contribution < 1.29 is 4.79 Å². The summed E-state index contributed by atoms with van der Waals surface area (Å²) in [6.45, 7) is 2.59. The van der Waals surface area contributed by atoms with Crippen molar-refractivity contribution >= 4 is 34.0 Å². The number of thiocarbonyl (C=S) groups is 1. The van der Waals surface area contributed by atoms with E-state index in [1.807, 2.05) is 49.5 Å². The van der Waals surface area contributed by atoms with E-state index in [2.05, 4.69) is 16.7 Å². The molecule has 0 heterocycles. The molecule has 0 bridgehead atoms. The molecule has 0 radical (unpaired) electrons. The van der Waals surface area contributed by atoms with E-state index in [-0.39, 0.29) is 5.91 Å². The number of nitrogens with one attached hydrogen (secondary N) is 2. The Morgan fingerprint density at radius 1 is 1.29 bits per heavy atom. The van der Waals surface area contributed by atoms with Crippen LogP contribution in [0.25, 0.3) is 10.8 Å². The first kappa shape index (κ1) is 17.7. The molecule has 24 heavy (non-hydrogen) atoms. The Hall–Kier alpha value is -2.65. The van der Waals surface area contributed by atoms with E-state index in [1.54, 1.807) is 0 Å². The summed E-state index contributed by atoms with van der Waals surface area (Å²) in [5.41, 5.74) is 1.00. The molecule has 0 aromatic heterocycles. The number of hydrogen-bond donors (Lipinski definition) is 2. The van der Waals surface area contributed by atoms with Crippen molar-refractivity contribution in [1.82, 2.24) is 15.5 Å². The molecular formula is C18H20N4OS. The van der Waals surface area contributed by atoms with Gasteiger partial charge in [0.1, 0.15) is 6.04 Å². The van der Waals surface area contributed by atoms with Gasteiger partial charge in [-0.05, 0) is 35.5 Å². The van der Waals surface area contributed by atoms with Gasteiger partial charge in [-0.25, -0.2) is 0 Å². The van der Waals surface area contributed by atoms with E-state index in [0.717, 1.165) is 21.2 Å². The highest BCUT2D eigenvalue weighted by atomic mass is 32.1. The summed E-state index contributed by atoms with van der Waals surface area (Å²) in [6, 6.07) is 13.5. The Kier molecular flexibility index (Phi) is 6.10. The number of carbonyl (C=O) groups is 1. The third-order valence-electron chi connectivity index (χ3n) is 3.68. The van der Waals surface area contributed by atoms with Crippen LogP contribution < -0.4 is 10.6 Å². The molecule has 0 saturated carbocycles. The largest absolute Gasteiger partial charge is 0.363 e. The van der Waals surface area contributed by atoms with Crippen LogP contribution >= 0.6 is 12.2 Å². The van der Waals surface area contributed by atoms with Crippen LogP contribution in [0.15, 0.2) is 42.5 Å². The standard InChI is InChI=1S/C18H20N4OS/c1-3-20-18(24)21-16(17(23)22(2)12-19)11-13-8-9-14-6-4-5-7-15(14)10-13/h4-10,16H,3,11H2,1-2H3,(H2,20,21,24). The fraction of sp³-hybridized carbons (Fsp3) is 0.278. The zero-order valence-electron chi connectivity index (χ0n) is 13.7. The number of likely N-dealkylation sites (N-methyl/N-ethyl adjacent to an activating group) is 1. The molecule has 1 amide bonds. The van der Waals surface area contributed by atoms with Crippen LogP contribution in [-0.4, -0.2) is 35.6 Å². The molecule has 0 fully saturated rings. The molecule has 0 saturated heterocycles. The number of benzene rings is 2. The number of hydrogen-bond acceptors (Lipinski definition) is 3. The molecule has 6 heteroatoms. The minimum Gasteiger partial charge on any atom is -0.363 e. The zero-order chi connectivity index (χ0) is 17.5. The first-order valence-corrected chi connectivity index (χ1v) is 8.15. The molecule has 1 unspecified atom stereocenters. The maximum atomic E-state index is 12.4. The van der Waals surface area contributed by atoms with E-state index >= 15 is 0 Å². The van der Waals surface area contributed by atoms with Gasteiger partial charge >= 0.3 is 0 Å². The van der Waals surface area contributed by atoms with Crippen LogP contribution in [0.4, 0.5) is 0 Å². The van der Waals surface area contributed by atoms with Gasteiger partial charge in [0.05, 0.1) is 0 Å². The summed E-state index contributed by atoms with van der Waals surface area (Å²) in [6.07, 6.45) is 2.29. The van der Waals surface area contributed by atoms with E-state index in [9.17, 15) is 4.79 Å². The average Bonchev–Trinajstić information content (AvgIpc) is 2.60. The van der Waals surface area contributed by atoms with Gasteiger partial charge in [0.25, 0.3) is 5.91 Å². The van der Waals surface area contributed by atoms with Crippen LogP contribution in [0.1, 0.15) is 12.5 Å². The predicted octanol–water partition coefficient (Wildman–Crippen LogP) is 2.17. The van der Waals surface area contributed by atoms with Gasteiger partial charge in [0, 0.05) is 20.0 Å². The first-order chi connectivity index (χ1) is 11.5. The van der Waals surface area contributed by atoms with Gasteiger partial charge < -0.3 is 10.6 Å². The average molecular weight is 340 g/mol. The van der Waals surface area contributed by atoms with Crippen molar-refractivity contribution in [2.24, 2.45) is 0 Å². The van der Waals surface area contributed by atoms with Crippen molar-refractivity contribution in [2.75, 3.05) is 13.6 Å². The molecule has 0 aliphatic rings. The molecule has 0 aliphatic carbocycles. The van der Waals surface area contributed by atoms with Crippen LogP contribution in [-0.2, 0) is 11.2 Å². The van der Waals surface area contributed by atoms with E-state index < -0.39 is 6.04 Å². The SMILES string of the molecule is CCNC(=S)NC(Cc1ccc2ccccc2c1)C(=O)N(C)C#N. The Balaban J connectivity index is 2.23. The summed E-state index contributed by atoms with van der Waals surface area (Å²) in [5, 5.41) is 17.6. The number of fused-ring (bicyclic) bond motifs is 1. The van der Waals surface area contributed by atoms with E-state index in [4.69, 9.17) is 17.5 Å². The normalized spacial score (nSPS) is 11.4. The molecule has 2 aromatic carbocycles. The maximum absolute atomic E-state index is 12.4. The van der Waals surface area contributed by atoms with Crippen LogP contribution in [0, 0.1) is 11.5 Å². The Morgan fingerprint density at radius 3 is 2.67 bits per heavy atom. The summed E-state index contributed by atoms with van der Waals surface area (Å²) in [7, 11) is 1.45. The van der Waals surface area contributed by atoms with Crippen molar-refractivity contribution in [1.29, 1.82) is 5.26 Å². The molecule has 1 atom stereocenters. The molecule has 0 aliphatic heterocycles. The minimum atomic E-state index is -0.595. The number of amides is 1. The highest BCUT2D eigenvalue weighted by Gasteiger charge is 2.23. The van der Waals surface area contributed by atoms with Crippen molar-refractivity contribution in [3.05, 3.63) is 48.0 Å². The fourth-order valence-electron chi connectivity index (χ4n) is 2.45. The highest BCUT2D eigenvalue weighted by Crippen LogP contribution is 2.17. The molecule has 0 spiro atoms. The van der Waals surface area contributed by atoms with Gasteiger partial charge in [-0.1, -0.05) is 42.5 Å². The van der Waals surface area contributed by atoms with E-state index in [1.165, 1.54) is 7.05 Å². The summed E-state index contributed by atoms with van der Waals surface area (Å²) >= 11 is 5.19. The number of nitrogens with zero attached hydrogens (tertiary/aromatic N) is 2. The second-order valence-electron chi connectivity index (χ2n) is 5.44. The maximum Gasteiger partial charge on any atom is 0.258 e. The zero-order valence-corrected chi connectivity index (χ0v) is 14.6. The molecule has 2 aromatic rings. The molecule has 2 rings (SSSR count).